The number of piperidine rings is 1. The van der Waals surface area contributed by atoms with E-state index in [1.807, 2.05) is 13.8 Å². The third kappa shape index (κ3) is 7.44. The zero-order chi connectivity index (χ0) is 25.4. The van der Waals surface area contributed by atoms with Crippen molar-refractivity contribution in [2.45, 2.75) is 59.2 Å². The summed E-state index contributed by atoms with van der Waals surface area (Å²) in [6.45, 7) is 9.61. The molecule has 9 nitrogen and oxygen atoms in total. The lowest BCUT2D eigenvalue weighted by Crippen LogP contribution is -2.42. The van der Waals surface area contributed by atoms with Crippen LogP contribution in [0.4, 0.5) is 26.4 Å². The lowest BCUT2D eigenvalue weighted by atomic mass is 10.1. The number of anilines is 3. The summed E-state index contributed by atoms with van der Waals surface area (Å²) < 4.78 is 25.9. The van der Waals surface area contributed by atoms with Gasteiger partial charge in [0.1, 0.15) is 24.3 Å². The molecule has 2 aromatic rings. The molecule has 0 unspecified atom stereocenters. The Bertz CT molecular complexity index is 1050. The average Bonchev–Trinajstić information content (AvgIpc) is 2.81. The Balaban J connectivity index is 1.64. The van der Waals surface area contributed by atoms with E-state index in [-0.39, 0.29) is 41.2 Å². The van der Waals surface area contributed by atoms with Gasteiger partial charge in [-0.2, -0.15) is 5.26 Å². The van der Waals surface area contributed by atoms with Crippen LogP contribution in [0.15, 0.2) is 24.5 Å². The fourth-order valence-corrected chi connectivity index (χ4v) is 3.60. The molecule has 1 fully saturated rings. The first kappa shape index (κ1) is 26.0. The molecule has 1 aromatic heterocycles. The molecule has 0 aliphatic carbocycles. The minimum absolute atomic E-state index is 0.0904. The Kier molecular flexibility index (Phi) is 9.06. The predicted octanol–water partition coefficient (Wildman–Crippen LogP) is 5.08. The summed E-state index contributed by atoms with van der Waals surface area (Å²) in [5.74, 6) is 0.376. The number of aromatic nitrogens is 2. The second-order valence-electron chi connectivity index (χ2n) is 9.18. The number of nitrogens with zero attached hydrogens (tertiary/aromatic N) is 4. The standard InChI is InChI=1S/C25H33FN6O3/c1-16(2)7-10-28-18-5-6-22(21(26)13-18)31-23-20(14-27)24(30-15-29-23)35-19-8-11-32(12-9-19)25(33)34-17(3)4/h5-6,13,15-17,19,28H,7-12H2,1-4H3,(H,29,30,31). The van der Waals surface area contributed by atoms with Gasteiger partial charge in [-0.25, -0.2) is 19.2 Å². The SMILES string of the molecule is CC(C)CCNc1ccc(Nc2ncnc(OC3CCN(C(=O)OC(C)C)CC3)c2C#N)c(F)c1. The van der Waals surface area contributed by atoms with Gasteiger partial charge in [0.25, 0.3) is 0 Å². The number of nitrogens with one attached hydrogen (secondary N) is 2. The van der Waals surface area contributed by atoms with Crippen molar-refractivity contribution < 1.29 is 18.7 Å². The van der Waals surface area contributed by atoms with Crippen molar-refractivity contribution >= 4 is 23.3 Å². The van der Waals surface area contributed by atoms with Gasteiger partial charge in [-0.1, -0.05) is 13.8 Å². The number of amides is 1. The van der Waals surface area contributed by atoms with Gasteiger partial charge in [0.05, 0.1) is 11.8 Å². The number of ether oxygens (including phenoxy) is 2. The Labute approximate surface area is 205 Å². The van der Waals surface area contributed by atoms with E-state index in [4.69, 9.17) is 9.47 Å². The van der Waals surface area contributed by atoms with E-state index in [0.717, 1.165) is 13.0 Å². The van der Waals surface area contributed by atoms with Crippen molar-refractivity contribution in [2.24, 2.45) is 5.92 Å². The molecular formula is C25H33FN6O3. The van der Waals surface area contributed by atoms with Gasteiger partial charge in [0, 0.05) is 38.2 Å². The number of hydrogen-bond donors (Lipinski definition) is 2. The zero-order valence-electron chi connectivity index (χ0n) is 20.7. The molecule has 1 saturated heterocycles. The van der Waals surface area contributed by atoms with Crippen LogP contribution in [0, 0.1) is 23.1 Å². The average molecular weight is 485 g/mol. The zero-order valence-corrected chi connectivity index (χ0v) is 20.7. The second kappa shape index (κ2) is 12.2. The summed E-state index contributed by atoms with van der Waals surface area (Å²) in [4.78, 5) is 22.0. The highest BCUT2D eigenvalue weighted by Crippen LogP contribution is 2.28. The number of rotatable bonds is 9. The monoisotopic (exact) mass is 484 g/mol. The second-order valence-corrected chi connectivity index (χ2v) is 9.18. The highest BCUT2D eigenvalue weighted by atomic mass is 19.1. The van der Waals surface area contributed by atoms with Crippen molar-refractivity contribution in [3.63, 3.8) is 0 Å². The van der Waals surface area contributed by atoms with Crippen molar-refractivity contribution in [1.82, 2.24) is 14.9 Å². The predicted molar refractivity (Wildman–Crippen MR) is 131 cm³/mol. The highest BCUT2D eigenvalue weighted by Gasteiger charge is 2.27. The van der Waals surface area contributed by atoms with Crippen LogP contribution >= 0.6 is 0 Å². The Morgan fingerprint density at radius 3 is 2.63 bits per heavy atom. The molecule has 0 atom stereocenters. The topological polar surface area (TPSA) is 112 Å². The van der Waals surface area contributed by atoms with Gasteiger partial charge < -0.3 is 25.0 Å². The van der Waals surface area contributed by atoms with E-state index in [9.17, 15) is 14.4 Å². The number of nitriles is 1. The quantitative estimate of drug-likeness (QED) is 0.507. The Hall–Kier alpha value is -3.61. The summed E-state index contributed by atoms with van der Waals surface area (Å²) >= 11 is 0. The maximum Gasteiger partial charge on any atom is 0.410 e. The summed E-state index contributed by atoms with van der Waals surface area (Å²) in [7, 11) is 0. The fraction of sp³-hybridized carbons (Fsp3) is 0.520. The Morgan fingerprint density at radius 2 is 2.00 bits per heavy atom. The molecular weight excluding hydrogens is 451 g/mol. The number of halogens is 1. The molecule has 1 aliphatic heterocycles. The van der Waals surface area contributed by atoms with Gasteiger partial charge in [-0.3, -0.25) is 0 Å². The third-order valence-electron chi connectivity index (χ3n) is 5.51. The molecule has 1 aliphatic rings. The Morgan fingerprint density at radius 1 is 1.26 bits per heavy atom. The van der Waals surface area contributed by atoms with E-state index >= 15 is 0 Å². The lowest BCUT2D eigenvalue weighted by Gasteiger charge is -2.31. The van der Waals surface area contributed by atoms with Crippen molar-refractivity contribution in [2.75, 3.05) is 30.3 Å². The number of benzene rings is 1. The maximum absolute atomic E-state index is 14.7. The lowest BCUT2D eigenvalue weighted by molar-refractivity contribution is 0.0506. The minimum Gasteiger partial charge on any atom is -0.473 e. The smallest absolute Gasteiger partial charge is 0.410 e. The molecule has 3 rings (SSSR count). The highest BCUT2D eigenvalue weighted by molar-refractivity contribution is 5.68. The van der Waals surface area contributed by atoms with E-state index in [0.29, 0.717) is 37.5 Å². The van der Waals surface area contributed by atoms with Crippen LogP contribution in [0.5, 0.6) is 5.88 Å². The van der Waals surface area contributed by atoms with Crippen LogP contribution in [0.3, 0.4) is 0 Å². The first-order valence-corrected chi connectivity index (χ1v) is 11.9. The van der Waals surface area contributed by atoms with E-state index in [2.05, 4.69) is 40.5 Å². The normalized spacial score (nSPS) is 14.1. The van der Waals surface area contributed by atoms with Crippen LogP contribution < -0.4 is 15.4 Å². The van der Waals surface area contributed by atoms with Crippen LogP contribution in [-0.4, -0.2) is 52.8 Å². The van der Waals surface area contributed by atoms with Crippen molar-refractivity contribution in [3.05, 3.63) is 35.9 Å². The van der Waals surface area contributed by atoms with Gasteiger partial charge in [0.15, 0.2) is 11.4 Å². The van der Waals surface area contributed by atoms with E-state index in [1.165, 1.54) is 12.4 Å². The number of hydrogen-bond acceptors (Lipinski definition) is 8. The molecule has 10 heteroatoms. The molecule has 188 valence electrons. The van der Waals surface area contributed by atoms with Crippen LogP contribution in [0.2, 0.25) is 0 Å². The number of carbonyl (C=O) groups is 1. The first-order valence-electron chi connectivity index (χ1n) is 11.9. The molecule has 35 heavy (non-hydrogen) atoms. The maximum atomic E-state index is 14.7. The molecule has 0 saturated carbocycles. The summed E-state index contributed by atoms with van der Waals surface area (Å²) in [5.41, 5.74) is 0.967. The summed E-state index contributed by atoms with van der Waals surface area (Å²) in [6, 6.07) is 6.84. The molecule has 2 N–H and O–H groups in total. The van der Waals surface area contributed by atoms with Crippen LogP contribution in [0.25, 0.3) is 0 Å². The minimum atomic E-state index is -0.467. The molecule has 0 radical (unpaired) electrons. The third-order valence-corrected chi connectivity index (χ3v) is 5.51. The molecule has 1 amide bonds. The number of carbonyl (C=O) groups excluding carboxylic acids is 1. The summed E-state index contributed by atoms with van der Waals surface area (Å²) in [5, 5.41) is 15.8. The van der Waals surface area contributed by atoms with Gasteiger partial charge in [0.2, 0.25) is 5.88 Å². The fourth-order valence-electron chi connectivity index (χ4n) is 3.60. The largest absolute Gasteiger partial charge is 0.473 e. The molecule has 2 heterocycles. The van der Waals surface area contributed by atoms with Crippen LogP contribution in [-0.2, 0) is 4.74 Å². The van der Waals surface area contributed by atoms with Gasteiger partial charge in [-0.05, 0) is 44.4 Å². The van der Waals surface area contributed by atoms with E-state index in [1.54, 1.807) is 17.0 Å². The van der Waals surface area contributed by atoms with Crippen LogP contribution in [0.1, 0.15) is 52.5 Å². The number of likely N-dealkylation sites (tertiary alicyclic amines) is 1. The molecule has 0 bridgehead atoms. The van der Waals surface area contributed by atoms with E-state index < -0.39 is 5.82 Å². The van der Waals surface area contributed by atoms with Crippen molar-refractivity contribution in [1.29, 1.82) is 5.26 Å². The first-order chi connectivity index (χ1) is 16.8. The summed E-state index contributed by atoms with van der Waals surface area (Å²) in [6.07, 6.45) is 2.67. The van der Waals surface area contributed by atoms with Gasteiger partial charge >= 0.3 is 6.09 Å². The van der Waals surface area contributed by atoms with Crippen molar-refractivity contribution in [3.8, 4) is 11.9 Å². The van der Waals surface area contributed by atoms with Gasteiger partial charge in [-0.15, -0.1) is 0 Å². The molecule has 1 aromatic carbocycles. The molecule has 0 spiro atoms.